The fourth-order valence-corrected chi connectivity index (χ4v) is 2.51. The molecule has 0 saturated carbocycles. The van der Waals surface area contributed by atoms with Crippen LogP contribution in [0.3, 0.4) is 0 Å². The van der Waals surface area contributed by atoms with Crippen LogP contribution >= 0.6 is 0 Å². The summed E-state index contributed by atoms with van der Waals surface area (Å²) >= 11 is 0. The van der Waals surface area contributed by atoms with Crippen LogP contribution in [0, 0.1) is 5.82 Å². The van der Waals surface area contributed by atoms with Gasteiger partial charge in [0.25, 0.3) is 5.91 Å². The molecule has 4 nitrogen and oxygen atoms in total. The van der Waals surface area contributed by atoms with Gasteiger partial charge in [0.1, 0.15) is 5.82 Å². The zero-order chi connectivity index (χ0) is 16.9. The molecule has 24 heavy (non-hydrogen) atoms. The first-order chi connectivity index (χ1) is 11.6. The Bertz CT molecular complexity index is 829. The molecule has 1 aromatic heterocycles. The van der Waals surface area contributed by atoms with Gasteiger partial charge in [-0.05, 0) is 11.6 Å². The van der Waals surface area contributed by atoms with Gasteiger partial charge in [-0.15, -0.1) is 0 Å². The number of aromatic nitrogens is 2. The molecule has 0 aliphatic heterocycles. The highest BCUT2D eigenvalue weighted by atomic mass is 19.1. The molecule has 5 heteroatoms. The maximum Gasteiger partial charge on any atom is 0.257 e. The van der Waals surface area contributed by atoms with Crippen molar-refractivity contribution in [3.8, 4) is 0 Å². The summed E-state index contributed by atoms with van der Waals surface area (Å²) < 4.78 is 15.4. The Morgan fingerprint density at radius 3 is 2.58 bits per heavy atom. The minimum atomic E-state index is -0.308. The van der Waals surface area contributed by atoms with Gasteiger partial charge in [-0.3, -0.25) is 9.48 Å². The summed E-state index contributed by atoms with van der Waals surface area (Å²) in [6.45, 7) is 0.820. The van der Waals surface area contributed by atoms with Gasteiger partial charge >= 0.3 is 0 Å². The van der Waals surface area contributed by atoms with Gasteiger partial charge in [-0.2, -0.15) is 5.10 Å². The average molecular weight is 323 g/mol. The Morgan fingerprint density at radius 2 is 1.83 bits per heavy atom. The van der Waals surface area contributed by atoms with E-state index in [1.165, 1.54) is 11.0 Å². The molecule has 0 bridgehead atoms. The average Bonchev–Trinajstić information content (AvgIpc) is 3.05. The monoisotopic (exact) mass is 323 g/mol. The van der Waals surface area contributed by atoms with E-state index in [4.69, 9.17) is 0 Å². The van der Waals surface area contributed by atoms with Crippen molar-refractivity contribution in [3.05, 3.63) is 89.5 Å². The van der Waals surface area contributed by atoms with Gasteiger partial charge in [-0.1, -0.05) is 48.5 Å². The van der Waals surface area contributed by atoms with Crippen molar-refractivity contribution in [2.24, 2.45) is 0 Å². The molecule has 1 heterocycles. The van der Waals surface area contributed by atoms with Crippen molar-refractivity contribution in [2.45, 2.75) is 13.1 Å². The molecule has 0 saturated heterocycles. The van der Waals surface area contributed by atoms with E-state index < -0.39 is 0 Å². The normalized spacial score (nSPS) is 10.6. The quantitative estimate of drug-likeness (QED) is 0.722. The zero-order valence-corrected chi connectivity index (χ0v) is 13.4. The Labute approximate surface area is 140 Å². The number of amides is 1. The van der Waals surface area contributed by atoms with Crippen molar-refractivity contribution in [3.63, 3.8) is 0 Å². The predicted octanol–water partition coefficient (Wildman–Crippen LogP) is 3.34. The van der Waals surface area contributed by atoms with Gasteiger partial charge in [0, 0.05) is 25.4 Å². The van der Waals surface area contributed by atoms with E-state index in [0.29, 0.717) is 17.7 Å². The van der Waals surface area contributed by atoms with Gasteiger partial charge in [0.15, 0.2) is 0 Å². The lowest BCUT2D eigenvalue weighted by Gasteiger charge is -2.16. The van der Waals surface area contributed by atoms with Crippen molar-refractivity contribution in [1.29, 1.82) is 0 Å². The van der Waals surface area contributed by atoms with Crippen molar-refractivity contribution in [2.75, 3.05) is 7.05 Å². The topological polar surface area (TPSA) is 38.1 Å². The molecule has 0 N–H and O–H groups in total. The maximum atomic E-state index is 13.7. The standard InChI is InChI=1S/C19H18FN3O/c1-22(13-16-9-5-6-10-18(16)20)19(24)17-11-21-23(14-17)12-15-7-3-2-4-8-15/h2-11,14H,12-13H2,1H3. The Hall–Kier alpha value is -2.95. The number of carbonyl (C=O) groups excluding carboxylic acids is 1. The molecule has 0 unspecified atom stereocenters. The third-order valence-corrected chi connectivity index (χ3v) is 3.78. The highest BCUT2D eigenvalue weighted by Crippen LogP contribution is 2.12. The van der Waals surface area contributed by atoms with Crippen LogP contribution in [-0.4, -0.2) is 27.6 Å². The second-order valence-corrected chi connectivity index (χ2v) is 5.66. The van der Waals surface area contributed by atoms with E-state index in [0.717, 1.165) is 5.56 Å². The molecule has 0 radical (unpaired) electrons. The second-order valence-electron chi connectivity index (χ2n) is 5.66. The number of carbonyl (C=O) groups is 1. The van der Waals surface area contributed by atoms with Crippen molar-refractivity contribution in [1.82, 2.24) is 14.7 Å². The van der Waals surface area contributed by atoms with Gasteiger partial charge in [-0.25, -0.2) is 4.39 Å². The van der Waals surface area contributed by atoms with Crippen LogP contribution in [0.15, 0.2) is 67.0 Å². The number of hydrogen-bond donors (Lipinski definition) is 0. The molecule has 0 spiro atoms. The Balaban J connectivity index is 1.68. The van der Waals surface area contributed by atoms with Crippen molar-refractivity contribution >= 4 is 5.91 Å². The molecular weight excluding hydrogens is 305 g/mol. The summed E-state index contributed by atoms with van der Waals surface area (Å²) in [4.78, 5) is 14.0. The lowest BCUT2D eigenvalue weighted by molar-refractivity contribution is 0.0783. The summed E-state index contributed by atoms with van der Waals surface area (Å²) in [7, 11) is 1.66. The first-order valence-corrected chi connectivity index (χ1v) is 7.69. The Morgan fingerprint density at radius 1 is 1.12 bits per heavy atom. The van der Waals surface area contributed by atoms with E-state index in [2.05, 4.69) is 5.10 Å². The number of rotatable bonds is 5. The predicted molar refractivity (Wildman–Crippen MR) is 90.0 cm³/mol. The highest BCUT2D eigenvalue weighted by molar-refractivity contribution is 5.93. The largest absolute Gasteiger partial charge is 0.337 e. The molecule has 2 aromatic carbocycles. The van der Waals surface area contributed by atoms with Crippen LogP contribution < -0.4 is 0 Å². The summed E-state index contributed by atoms with van der Waals surface area (Å²) in [5.74, 6) is -0.491. The summed E-state index contributed by atoms with van der Waals surface area (Å²) in [5.41, 5.74) is 2.09. The van der Waals surface area contributed by atoms with Crippen LogP contribution in [-0.2, 0) is 13.1 Å². The minimum Gasteiger partial charge on any atom is -0.337 e. The zero-order valence-electron chi connectivity index (χ0n) is 13.4. The minimum absolute atomic E-state index is 0.183. The SMILES string of the molecule is CN(Cc1ccccc1F)C(=O)c1cnn(Cc2ccccc2)c1. The number of nitrogens with zero attached hydrogens (tertiary/aromatic N) is 3. The van der Waals surface area contributed by atoms with E-state index in [1.807, 2.05) is 30.3 Å². The molecule has 0 atom stereocenters. The number of halogens is 1. The van der Waals surface area contributed by atoms with Gasteiger partial charge in [0.2, 0.25) is 0 Å². The smallest absolute Gasteiger partial charge is 0.257 e. The lowest BCUT2D eigenvalue weighted by atomic mass is 10.2. The molecule has 3 rings (SSSR count). The van der Waals surface area contributed by atoms with Gasteiger partial charge < -0.3 is 4.90 Å². The third-order valence-electron chi connectivity index (χ3n) is 3.78. The van der Waals surface area contributed by atoms with Crippen LogP contribution in [0.1, 0.15) is 21.5 Å². The fourth-order valence-electron chi connectivity index (χ4n) is 2.51. The molecular formula is C19H18FN3O. The summed E-state index contributed by atoms with van der Waals surface area (Å²) in [5, 5.41) is 4.23. The third kappa shape index (κ3) is 3.68. The first-order valence-electron chi connectivity index (χ1n) is 7.69. The fraction of sp³-hybridized carbons (Fsp3) is 0.158. The molecule has 122 valence electrons. The van der Waals surface area contributed by atoms with Crippen LogP contribution in [0.2, 0.25) is 0 Å². The lowest BCUT2D eigenvalue weighted by Crippen LogP contribution is -2.26. The van der Waals surface area contributed by atoms with Crippen LogP contribution in [0.25, 0.3) is 0 Å². The van der Waals surface area contributed by atoms with Crippen LogP contribution in [0.5, 0.6) is 0 Å². The first kappa shape index (κ1) is 15.9. The van der Waals surface area contributed by atoms with Crippen LogP contribution in [0.4, 0.5) is 4.39 Å². The summed E-state index contributed by atoms with van der Waals surface area (Å²) in [6.07, 6.45) is 3.26. The number of benzene rings is 2. The highest BCUT2D eigenvalue weighted by Gasteiger charge is 2.15. The second kappa shape index (κ2) is 7.08. The van der Waals surface area contributed by atoms with Gasteiger partial charge in [0.05, 0.1) is 18.3 Å². The molecule has 3 aromatic rings. The van der Waals surface area contributed by atoms with E-state index in [9.17, 15) is 9.18 Å². The van der Waals surface area contributed by atoms with E-state index >= 15 is 0 Å². The van der Waals surface area contributed by atoms with Crippen molar-refractivity contribution < 1.29 is 9.18 Å². The molecule has 1 amide bonds. The molecule has 0 aliphatic rings. The van der Waals surface area contributed by atoms with E-state index in [1.54, 1.807) is 42.3 Å². The Kier molecular flexibility index (Phi) is 4.70. The molecule has 0 aliphatic carbocycles. The molecule has 0 fully saturated rings. The summed E-state index contributed by atoms with van der Waals surface area (Å²) in [6, 6.07) is 16.4. The van der Waals surface area contributed by atoms with E-state index in [-0.39, 0.29) is 18.3 Å². The maximum absolute atomic E-state index is 13.7. The number of hydrogen-bond acceptors (Lipinski definition) is 2.